The first-order chi connectivity index (χ1) is 12.1. The minimum atomic E-state index is -4.85. The average molecular weight is 384 g/mol. The zero-order valence-corrected chi connectivity index (χ0v) is 14.2. The van der Waals surface area contributed by atoms with E-state index in [1.807, 2.05) is 6.08 Å². The third kappa shape index (κ3) is 8.71. The minimum Gasteiger partial charge on any atom is -0.392 e. The topological polar surface area (TPSA) is 29.5 Å². The number of rotatable bonds is 10. The fraction of sp³-hybridized carbons (Fsp3) is 0.556. The summed E-state index contributed by atoms with van der Waals surface area (Å²) in [5.41, 5.74) is -2.81. The summed E-state index contributed by atoms with van der Waals surface area (Å²) >= 11 is 0. The number of halogens is 6. The molecule has 0 amide bonds. The van der Waals surface area contributed by atoms with E-state index in [0.717, 1.165) is 25.7 Å². The van der Waals surface area contributed by atoms with Crippen molar-refractivity contribution in [1.82, 2.24) is 0 Å². The van der Waals surface area contributed by atoms with Gasteiger partial charge < -0.3 is 9.84 Å². The van der Waals surface area contributed by atoms with Crippen LogP contribution in [0, 0.1) is 0 Å². The molecule has 26 heavy (non-hydrogen) atoms. The van der Waals surface area contributed by atoms with Crippen LogP contribution in [0.3, 0.4) is 0 Å². The zero-order chi connectivity index (χ0) is 19.6. The third-order valence-electron chi connectivity index (χ3n) is 3.60. The Kier molecular flexibility index (Phi) is 9.15. The van der Waals surface area contributed by atoms with Crippen LogP contribution in [0.2, 0.25) is 0 Å². The van der Waals surface area contributed by atoms with Gasteiger partial charge in [-0.3, -0.25) is 0 Å². The standard InChI is InChI=1S/C18H22F6O2/c19-17(20,21)15-10-14(11-16(12-15)18(22,23)24)13-26-9-7-5-3-1-2-4-6-8-25/h4,6,10-12,25H,1-3,5,7-9,13H2. The van der Waals surface area contributed by atoms with Gasteiger partial charge in [-0.05, 0) is 43.0 Å². The maximum Gasteiger partial charge on any atom is 0.416 e. The predicted molar refractivity (Wildman–Crippen MR) is 85.4 cm³/mol. The van der Waals surface area contributed by atoms with Crippen LogP contribution < -0.4 is 0 Å². The van der Waals surface area contributed by atoms with Gasteiger partial charge in [0.25, 0.3) is 0 Å². The normalized spacial score (nSPS) is 12.9. The lowest BCUT2D eigenvalue weighted by Gasteiger charge is -2.14. The number of benzene rings is 1. The second-order valence-corrected chi connectivity index (χ2v) is 5.82. The van der Waals surface area contributed by atoms with Crippen molar-refractivity contribution in [2.24, 2.45) is 0 Å². The summed E-state index contributed by atoms with van der Waals surface area (Å²) in [6.45, 7) is -0.0181. The van der Waals surface area contributed by atoms with E-state index in [9.17, 15) is 26.3 Å². The molecule has 0 aliphatic rings. The van der Waals surface area contributed by atoms with Gasteiger partial charge in [0.1, 0.15) is 0 Å². The molecule has 0 aromatic heterocycles. The fourth-order valence-corrected chi connectivity index (χ4v) is 2.30. The monoisotopic (exact) mass is 384 g/mol. The third-order valence-corrected chi connectivity index (χ3v) is 3.60. The summed E-state index contributed by atoms with van der Waals surface area (Å²) in [5, 5.41) is 8.56. The van der Waals surface area contributed by atoms with Gasteiger partial charge in [-0.25, -0.2) is 0 Å². The first-order valence-corrected chi connectivity index (χ1v) is 8.26. The number of alkyl halides is 6. The molecule has 148 valence electrons. The van der Waals surface area contributed by atoms with Crippen LogP contribution in [0.25, 0.3) is 0 Å². The number of hydrogen-bond donors (Lipinski definition) is 1. The molecule has 1 aromatic rings. The Morgan fingerprint density at radius 2 is 1.38 bits per heavy atom. The van der Waals surface area contributed by atoms with Gasteiger partial charge in [0.2, 0.25) is 0 Å². The Balaban J connectivity index is 2.46. The molecule has 8 heteroatoms. The number of allylic oxidation sites excluding steroid dienone is 1. The molecule has 0 aliphatic heterocycles. The molecule has 0 radical (unpaired) electrons. The SMILES string of the molecule is OCC=CCCCCCCOCc1cc(C(F)(F)F)cc(C(F)(F)F)c1. The number of hydrogen-bond acceptors (Lipinski definition) is 2. The Labute approximate surface area is 148 Å². The van der Waals surface area contributed by atoms with Crippen LogP contribution in [-0.4, -0.2) is 18.3 Å². The van der Waals surface area contributed by atoms with Gasteiger partial charge in [-0.1, -0.05) is 25.0 Å². The van der Waals surface area contributed by atoms with Gasteiger partial charge >= 0.3 is 12.4 Å². The second-order valence-electron chi connectivity index (χ2n) is 5.82. The van der Waals surface area contributed by atoms with Gasteiger partial charge in [0.15, 0.2) is 0 Å². The molecule has 0 aliphatic carbocycles. The largest absolute Gasteiger partial charge is 0.416 e. The minimum absolute atomic E-state index is 0.0133. The van der Waals surface area contributed by atoms with Gasteiger partial charge in [-0.2, -0.15) is 26.3 Å². The molecule has 1 rings (SSSR count). The Morgan fingerprint density at radius 1 is 0.808 bits per heavy atom. The molecule has 1 N–H and O–H groups in total. The lowest BCUT2D eigenvalue weighted by atomic mass is 10.1. The van der Waals surface area contributed by atoms with E-state index in [1.54, 1.807) is 6.08 Å². The van der Waals surface area contributed by atoms with Crippen LogP contribution >= 0.6 is 0 Å². The zero-order valence-electron chi connectivity index (χ0n) is 14.2. The van der Waals surface area contributed by atoms with Crippen molar-refractivity contribution >= 4 is 0 Å². The highest BCUT2D eigenvalue weighted by Gasteiger charge is 2.36. The molecular weight excluding hydrogens is 362 g/mol. The van der Waals surface area contributed by atoms with Crippen molar-refractivity contribution in [1.29, 1.82) is 0 Å². The molecule has 0 bridgehead atoms. The van der Waals surface area contributed by atoms with Crippen LogP contribution in [-0.2, 0) is 23.7 Å². The summed E-state index contributed by atoms with van der Waals surface area (Å²) in [5.74, 6) is 0. The van der Waals surface area contributed by atoms with E-state index in [2.05, 4.69) is 0 Å². The predicted octanol–water partition coefficient (Wildman–Crippen LogP) is 5.74. The van der Waals surface area contributed by atoms with Crippen molar-refractivity contribution in [3.63, 3.8) is 0 Å². The van der Waals surface area contributed by atoms with Crippen molar-refractivity contribution in [3.05, 3.63) is 47.0 Å². The Hall–Kier alpha value is -1.54. The molecule has 0 saturated heterocycles. The summed E-state index contributed by atoms with van der Waals surface area (Å²) in [6, 6.07) is 1.47. The van der Waals surface area contributed by atoms with Gasteiger partial charge in [-0.15, -0.1) is 0 Å². The molecule has 0 atom stereocenters. The quantitative estimate of drug-likeness (QED) is 0.317. The Morgan fingerprint density at radius 3 is 1.92 bits per heavy atom. The molecular formula is C18H22F6O2. The molecule has 0 unspecified atom stereocenters. The van der Waals surface area contributed by atoms with Crippen molar-refractivity contribution in [3.8, 4) is 0 Å². The van der Waals surface area contributed by atoms with E-state index in [0.29, 0.717) is 18.6 Å². The number of aliphatic hydroxyl groups excluding tert-OH is 1. The van der Waals surface area contributed by atoms with E-state index < -0.39 is 23.5 Å². The smallest absolute Gasteiger partial charge is 0.392 e. The highest BCUT2D eigenvalue weighted by molar-refractivity contribution is 5.33. The average Bonchev–Trinajstić information content (AvgIpc) is 2.54. The van der Waals surface area contributed by atoms with Gasteiger partial charge in [0, 0.05) is 6.61 Å². The molecule has 0 saturated carbocycles. The maximum absolute atomic E-state index is 12.7. The van der Waals surface area contributed by atoms with E-state index in [1.165, 1.54) is 0 Å². The van der Waals surface area contributed by atoms with Crippen LogP contribution in [0.15, 0.2) is 30.4 Å². The first-order valence-electron chi connectivity index (χ1n) is 8.26. The number of aliphatic hydroxyl groups is 1. The fourth-order valence-electron chi connectivity index (χ4n) is 2.30. The molecule has 0 heterocycles. The summed E-state index contributed by atoms with van der Waals surface area (Å²) < 4.78 is 81.7. The molecule has 2 nitrogen and oxygen atoms in total. The second kappa shape index (κ2) is 10.6. The highest BCUT2D eigenvalue weighted by atomic mass is 19.4. The molecule has 0 spiro atoms. The van der Waals surface area contributed by atoms with Crippen LogP contribution in [0.1, 0.15) is 48.8 Å². The molecule has 0 fully saturated rings. The first kappa shape index (κ1) is 22.5. The summed E-state index contributed by atoms with van der Waals surface area (Å²) in [6.07, 6.45) is -1.90. The van der Waals surface area contributed by atoms with Crippen molar-refractivity contribution < 1.29 is 36.2 Å². The lowest BCUT2D eigenvalue weighted by Crippen LogP contribution is -2.12. The van der Waals surface area contributed by atoms with Crippen LogP contribution in [0.4, 0.5) is 26.3 Å². The summed E-state index contributed by atoms with van der Waals surface area (Å²) in [4.78, 5) is 0. The lowest BCUT2D eigenvalue weighted by molar-refractivity contribution is -0.143. The van der Waals surface area contributed by atoms with E-state index >= 15 is 0 Å². The van der Waals surface area contributed by atoms with E-state index in [4.69, 9.17) is 9.84 Å². The summed E-state index contributed by atoms with van der Waals surface area (Å²) in [7, 11) is 0. The van der Waals surface area contributed by atoms with Crippen molar-refractivity contribution in [2.75, 3.05) is 13.2 Å². The van der Waals surface area contributed by atoms with Crippen LogP contribution in [0.5, 0.6) is 0 Å². The number of unbranched alkanes of at least 4 members (excludes halogenated alkanes) is 4. The highest BCUT2D eigenvalue weighted by Crippen LogP contribution is 2.36. The number of ether oxygens (including phenoxy) is 1. The Bertz CT molecular complexity index is 532. The van der Waals surface area contributed by atoms with E-state index in [-0.39, 0.29) is 31.5 Å². The van der Waals surface area contributed by atoms with Crippen molar-refractivity contribution in [2.45, 2.75) is 51.1 Å². The maximum atomic E-state index is 12.7. The molecule has 1 aromatic carbocycles. The van der Waals surface area contributed by atoms with Gasteiger partial charge in [0.05, 0.1) is 24.3 Å².